The van der Waals surface area contributed by atoms with Crippen molar-refractivity contribution < 1.29 is 13.9 Å². The zero-order valence-electron chi connectivity index (χ0n) is 21.3. The molecule has 0 fully saturated rings. The Hall–Kier alpha value is -4.75. The highest BCUT2D eigenvalue weighted by Crippen LogP contribution is 2.44. The molecule has 0 saturated carbocycles. The van der Waals surface area contributed by atoms with Crippen molar-refractivity contribution in [3.63, 3.8) is 0 Å². The molecule has 0 aliphatic heterocycles. The van der Waals surface area contributed by atoms with Crippen LogP contribution in [0, 0.1) is 0 Å². The fourth-order valence-electron chi connectivity index (χ4n) is 4.61. The number of anilines is 2. The van der Waals surface area contributed by atoms with Crippen LogP contribution in [-0.4, -0.2) is 36.6 Å². The number of hydrogen-bond acceptors (Lipinski definition) is 6. The smallest absolute Gasteiger partial charge is 0.247 e. The summed E-state index contributed by atoms with van der Waals surface area (Å²) in [6, 6.07) is 27.6. The van der Waals surface area contributed by atoms with E-state index >= 15 is 0 Å². The lowest BCUT2D eigenvalue weighted by molar-refractivity contribution is -0.111. The third kappa shape index (κ3) is 4.92. The van der Waals surface area contributed by atoms with Gasteiger partial charge in [-0.1, -0.05) is 79.4 Å². The molecule has 5 rings (SSSR count). The van der Waals surface area contributed by atoms with Crippen molar-refractivity contribution in [2.75, 3.05) is 31.0 Å². The molecule has 0 aliphatic carbocycles. The molecule has 2 heterocycles. The van der Waals surface area contributed by atoms with E-state index in [1.165, 1.54) is 12.4 Å². The quantitative estimate of drug-likeness (QED) is 0.231. The maximum absolute atomic E-state index is 12.0. The van der Waals surface area contributed by atoms with E-state index in [0.29, 0.717) is 29.6 Å². The first-order valence-electron chi connectivity index (χ1n) is 12.2. The topological polar surface area (TPSA) is 80.5 Å². The minimum atomic E-state index is -0.281. The number of likely N-dealkylation sites (N-methyl/N-ethyl adjacent to an activating group) is 1. The summed E-state index contributed by atoms with van der Waals surface area (Å²) in [5.41, 5.74) is 4.83. The first-order valence-corrected chi connectivity index (χ1v) is 12.2. The molecular formula is C31H28N4O3. The first kappa shape index (κ1) is 24.9. The number of fused-ring (bicyclic) bond motifs is 1. The summed E-state index contributed by atoms with van der Waals surface area (Å²) in [5, 5.41) is 3.63. The van der Waals surface area contributed by atoms with Crippen LogP contribution in [0.5, 0.6) is 0 Å². The van der Waals surface area contributed by atoms with E-state index in [9.17, 15) is 4.79 Å². The van der Waals surface area contributed by atoms with Crippen LogP contribution in [0.4, 0.5) is 11.5 Å². The highest BCUT2D eigenvalue weighted by atomic mass is 16.5. The molecule has 38 heavy (non-hydrogen) atoms. The predicted octanol–water partition coefficient (Wildman–Crippen LogP) is 6.51. The van der Waals surface area contributed by atoms with Gasteiger partial charge in [-0.25, -0.2) is 9.97 Å². The van der Waals surface area contributed by atoms with Crippen LogP contribution < -0.4 is 10.2 Å². The summed E-state index contributed by atoms with van der Waals surface area (Å²) in [4.78, 5) is 23.3. The lowest BCUT2D eigenvalue weighted by atomic mass is 9.98. The second kappa shape index (κ2) is 11.1. The second-order valence-electron chi connectivity index (χ2n) is 8.82. The number of hydrogen-bond donors (Lipinski definition) is 1. The molecule has 0 spiro atoms. The number of carbonyl (C=O) groups excluding carboxylic acids is 1. The number of methoxy groups -OCH3 is 1. The van der Waals surface area contributed by atoms with Gasteiger partial charge in [0.05, 0.1) is 18.0 Å². The number of furan rings is 1. The van der Waals surface area contributed by atoms with Gasteiger partial charge in [-0.05, 0) is 29.3 Å². The maximum Gasteiger partial charge on any atom is 0.247 e. The van der Waals surface area contributed by atoms with E-state index in [1.54, 1.807) is 7.11 Å². The molecule has 0 bridgehead atoms. The number of benzene rings is 3. The van der Waals surface area contributed by atoms with Crippen LogP contribution >= 0.6 is 0 Å². The van der Waals surface area contributed by atoms with E-state index in [-0.39, 0.29) is 11.9 Å². The molecule has 1 unspecified atom stereocenters. The van der Waals surface area contributed by atoms with E-state index in [2.05, 4.69) is 33.9 Å². The highest BCUT2D eigenvalue weighted by molar-refractivity contribution is 6.07. The molecule has 7 nitrogen and oxygen atoms in total. The normalized spacial score (nSPS) is 11.7. The van der Waals surface area contributed by atoms with Crippen LogP contribution in [0.2, 0.25) is 0 Å². The number of ether oxygens (including phenoxy) is 1. The number of amides is 1. The van der Waals surface area contributed by atoms with Crippen LogP contribution in [0.15, 0.2) is 108 Å². The average Bonchev–Trinajstić information content (AvgIpc) is 3.36. The fraction of sp³-hybridized carbons (Fsp3) is 0.129. The number of nitrogens with one attached hydrogen (secondary N) is 1. The van der Waals surface area contributed by atoms with Crippen molar-refractivity contribution in [2.45, 2.75) is 6.04 Å². The summed E-state index contributed by atoms with van der Waals surface area (Å²) in [6.45, 7) is 4.02. The van der Waals surface area contributed by atoms with Gasteiger partial charge in [0.2, 0.25) is 11.6 Å². The Balaban J connectivity index is 1.74. The van der Waals surface area contributed by atoms with Gasteiger partial charge in [-0.2, -0.15) is 0 Å². The van der Waals surface area contributed by atoms with Crippen molar-refractivity contribution in [1.82, 2.24) is 9.97 Å². The van der Waals surface area contributed by atoms with Gasteiger partial charge in [0, 0.05) is 31.0 Å². The molecular weight excluding hydrogens is 476 g/mol. The first-order chi connectivity index (χ1) is 18.6. The summed E-state index contributed by atoms with van der Waals surface area (Å²) < 4.78 is 12.0. The second-order valence-corrected chi connectivity index (χ2v) is 8.82. The van der Waals surface area contributed by atoms with Gasteiger partial charge in [0.25, 0.3) is 0 Å². The standard InChI is InChI=1S/C31H28N4O3/c1-4-26(36)34-24-17-11-16-23(18-24)27-28-30(35(2)25(19-37-3)21-12-7-5-8-13-21)32-20-33-31(28)38-29(27)22-14-9-6-10-15-22/h4-18,20,25H,1,19H2,2-3H3,(H,34,36). The average molecular weight is 505 g/mol. The summed E-state index contributed by atoms with van der Waals surface area (Å²) in [6.07, 6.45) is 2.77. The molecule has 7 heteroatoms. The van der Waals surface area contributed by atoms with E-state index < -0.39 is 0 Å². The molecule has 0 radical (unpaired) electrons. The predicted molar refractivity (Wildman–Crippen MR) is 151 cm³/mol. The lowest BCUT2D eigenvalue weighted by Gasteiger charge is -2.29. The molecule has 2 aromatic heterocycles. The van der Waals surface area contributed by atoms with Gasteiger partial charge in [-0.15, -0.1) is 0 Å². The molecule has 0 saturated heterocycles. The van der Waals surface area contributed by atoms with Crippen molar-refractivity contribution in [2.24, 2.45) is 0 Å². The fourth-order valence-corrected chi connectivity index (χ4v) is 4.61. The summed E-state index contributed by atoms with van der Waals surface area (Å²) in [7, 11) is 3.69. The number of carbonyl (C=O) groups is 1. The lowest BCUT2D eigenvalue weighted by Crippen LogP contribution is -2.28. The Labute approximate surface area is 221 Å². The Kier molecular flexibility index (Phi) is 7.28. The number of aromatic nitrogens is 2. The minimum Gasteiger partial charge on any atom is -0.437 e. The Morgan fingerprint density at radius 3 is 2.45 bits per heavy atom. The molecule has 0 aliphatic rings. The third-order valence-electron chi connectivity index (χ3n) is 6.42. The van der Waals surface area contributed by atoms with Gasteiger partial charge < -0.3 is 19.4 Å². The summed E-state index contributed by atoms with van der Waals surface area (Å²) >= 11 is 0. The van der Waals surface area contributed by atoms with Gasteiger partial charge >= 0.3 is 0 Å². The minimum absolute atomic E-state index is 0.0968. The maximum atomic E-state index is 12.0. The third-order valence-corrected chi connectivity index (χ3v) is 6.42. The highest BCUT2D eigenvalue weighted by Gasteiger charge is 2.27. The van der Waals surface area contributed by atoms with Crippen molar-refractivity contribution in [3.8, 4) is 22.5 Å². The van der Waals surface area contributed by atoms with Crippen LogP contribution in [0.25, 0.3) is 33.6 Å². The number of nitrogens with zero attached hydrogens (tertiary/aromatic N) is 3. The van der Waals surface area contributed by atoms with E-state index in [0.717, 1.165) is 27.6 Å². The van der Waals surface area contributed by atoms with Crippen LogP contribution in [-0.2, 0) is 9.53 Å². The van der Waals surface area contributed by atoms with Gasteiger partial charge in [-0.3, -0.25) is 4.79 Å². The van der Waals surface area contributed by atoms with Crippen molar-refractivity contribution >= 4 is 28.5 Å². The molecule has 3 aromatic carbocycles. The van der Waals surface area contributed by atoms with E-state index in [1.807, 2.05) is 79.8 Å². The largest absolute Gasteiger partial charge is 0.437 e. The van der Waals surface area contributed by atoms with Crippen molar-refractivity contribution in [3.05, 3.63) is 109 Å². The molecule has 190 valence electrons. The van der Waals surface area contributed by atoms with Gasteiger partial charge in [0.15, 0.2) is 0 Å². The van der Waals surface area contributed by atoms with E-state index in [4.69, 9.17) is 14.1 Å². The molecule has 1 atom stereocenters. The van der Waals surface area contributed by atoms with Crippen molar-refractivity contribution in [1.29, 1.82) is 0 Å². The molecule has 1 N–H and O–H groups in total. The zero-order valence-corrected chi connectivity index (χ0v) is 21.3. The Bertz CT molecular complexity index is 1560. The van der Waals surface area contributed by atoms with Gasteiger partial charge in [0.1, 0.15) is 17.9 Å². The molecule has 5 aromatic rings. The van der Waals surface area contributed by atoms with Crippen LogP contribution in [0.3, 0.4) is 0 Å². The zero-order chi connectivity index (χ0) is 26.5. The number of rotatable bonds is 9. The summed E-state index contributed by atoms with van der Waals surface area (Å²) in [5.74, 6) is 1.10. The van der Waals surface area contributed by atoms with Crippen LogP contribution in [0.1, 0.15) is 11.6 Å². The Morgan fingerprint density at radius 1 is 1.03 bits per heavy atom. The SMILES string of the molecule is C=CC(=O)Nc1cccc(-c2c(-c3ccccc3)oc3ncnc(N(C)C(COC)c4ccccc4)c23)c1. The Morgan fingerprint density at radius 2 is 1.74 bits per heavy atom. The molecule has 1 amide bonds. The monoisotopic (exact) mass is 504 g/mol.